The lowest BCUT2D eigenvalue weighted by molar-refractivity contribution is -0.118. The van der Waals surface area contributed by atoms with Crippen LogP contribution in [0, 0.1) is 24.6 Å². The molecule has 0 bridgehead atoms. The van der Waals surface area contributed by atoms with Gasteiger partial charge in [-0.25, -0.2) is 22.9 Å². The summed E-state index contributed by atoms with van der Waals surface area (Å²) >= 11 is 0. The van der Waals surface area contributed by atoms with Crippen LogP contribution in [-0.2, 0) is 4.74 Å². The van der Waals surface area contributed by atoms with Crippen LogP contribution >= 0.6 is 0 Å². The largest absolute Gasteiger partial charge is 0.377 e. The average molecular weight is 575 g/mol. The molecule has 2 atom stereocenters. The van der Waals surface area contributed by atoms with Crippen molar-refractivity contribution in [1.29, 1.82) is 0 Å². The van der Waals surface area contributed by atoms with Crippen molar-refractivity contribution < 1.29 is 32.0 Å². The molecule has 2 saturated heterocycles. The minimum absolute atomic E-state index is 0.0344. The van der Waals surface area contributed by atoms with Crippen LogP contribution in [0.15, 0.2) is 22.9 Å². The summed E-state index contributed by atoms with van der Waals surface area (Å²) < 4.78 is 53.5. The van der Waals surface area contributed by atoms with Gasteiger partial charge >= 0.3 is 6.03 Å². The lowest BCUT2D eigenvalue weighted by Crippen LogP contribution is -2.62. The molecule has 1 unspecified atom stereocenters. The summed E-state index contributed by atoms with van der Waals surface area (Å²) in [5.41, 5.74) is 1.52. The van der Waals surface area contributed by atoms with Gasteiger partial charge in [-0.2, -0.15) is 0 Å². The third-order valence-electron chi connectivity index (χ3n) is 8.60. The van der Waals surface area contributed by atoms with E-state index in [0.29, 0.717) is 28.5 Å². The highest BCUT2D eigenvalue weighted by Crippen LogP contribution is 2.38. The van der Waals surface area contributed by atoms with Crippen molar-refractivity contribution >= 4 is 23.0 Å². The number of morpholine rings is 1. The van der Waals surface area contributed by atoms with Gasteiger partial charge < -0.3 is 29.4 Å². The Kier molecular flexibility index (Phi) is 7.16. The Balaban J connectivity index is 1.30. The molecular formula is C28H33F3N6O4. The number of fused-ring (bicyclic) bond motifs is 1. The zero-order valence-electron chi connectivity index (χ0n) is 23.0. The summed E-state index contributed by atoms with van der Waals surface area (Å²) in [5, 5.41) is 6.88. The quantitative estimate of drug-likeness (QED) is 0.455. The van der Waals surface area contributed by atoms with Gasteiger partial charge in [0.2, 0.25) is 0 Å². The van der Waals surface area contributed by atoms with Crippen LogP contribution in [0.4, 0.5) is 18.0 Å². The van der Waals surface area contributed by atoms with Gasteiger partial charge in [0.1, 0.15) is 23.2 Å². The van der Waals surface area contributed by atoms with Crippen LogP contribution in [-0.4, -0.2) is 75.6 Å². The molecule has 0 radical (unpaired) electrons. The Morgan fingerprint density at radius 2 is 1.95 bits per heavy atom. The van der Waals surface area contributed by atoms with E-state index < -0.39 is 42.9 Å². The van der Waals surface area contributed by atoms with Gasteiger partial charge in [0.25, 0.3) is 11.8 Å². The first-order chi connectivity index (χ1) is 19.6. The zero-order chi connectivity index (χ0) is 28.9. The number of nitrogens with one attached hydrogen (secondary N) is 2. The molecule has 13 heteroatoms. The number of hydrogen-bond donors (Lipinski definition) is 2. The summed E-state index contributed by atoms with van der Waals surface area (Å²) in [7, 11) is 0. The number of aromatic amines is 1. The maximum atomic E-state index is 16.1. The predicted octanol–water partition coefficient (Wildman–Crippen LogP) is 4.74. The predicted molar refractivity (Wildman–Crippen MR) is 141 cm³/mol. The van der Waals surface area contributed by atoms with Gasteiger partial charge in [-0.15, -0.1) is 0 Å². The first kappa shape index (κ1) is 27.6. The molecule has 41 heavy (non-hydrogen) atoms. The number of carbonyl (C=O) groups is 2. The number of ether oxygens (including phenoxy) is 1. The summed E-state index contributed by atoms with van der Waals surface area (Å²) in [5.74, 6) is -2.75. The first-order valence-corrected chi connectivity index (χ1v) is 14.0. The Morgan fingerprint density at radius 3 is 2.63 bits per heavy atom. The van der Waals surface area contributed by atoms with Gasteiger partial charge in [0.15, 0.2) is 5.82 Å². The summed E-state index contributed by atoms with van der Waals surface area (Å²) in [4.78, 5) is 36.5. The fraction of sp³-hybridized carbons (Fsp3) is 0.571. The summed E-state index contributed by atoms with van der Waals surface area (Å²) in [6, 6.07) is 1.40. The summed E-state index contributed by atoms with van der Waals surface area (Å²) in [6.07, 6.45) is 5.08. The molecule has 6 rings (SSSR count). The molecule has 3 amide bonds. The van der Waals surface area contributed by atoms with Gasteiger partial charge in [-0.05, 0) is 37.7 Å². The number of halogens is 3. The molecule has 1 aliphatic carbocycles. The Hall–Kier alpha value is -3.61. The number of imidazole rings is 1. The molecule has 1 saturated carbocycles. The molecule has 1 aromatic carbocycles. The van der Waals surface area contributed by atoms with E-state index >= 15 is 4.39 Å². The van der Waals surface area contributed by atoms with E-state index in [2.05, 4.69) is 27.4 Å². The standard InChI is InChI=1S/C28H33F3N6O4/c1-15-3-5-17(6-4-15)23(34-26(38)19-11-41-35-16(19)2)25-32-20-8-7-18(22(29)24(20)33-25)21-12-40-10-9-37(21)27(39)36-13-28(30,31)14-36/h7-8,11,15,17,21,23H,3-6,9-10,12-14H2,1-2H3,(H,32,33)(H,34,38)/t15?,17?,21?,23-/m0/s1. The van der Waals surface area contributed by atoms with Crippen molar-refractivity contribution in [3.8, 4) is 0 Å². The highest BCUT2D eigenvalue weighted by atomic mass is 19.3. The maximum absolute atomic E-state index is 16.1. The van der Waals surface area contributed by atoms with Crippen LogP contribution in [0.5, 0.6) is 0 Å². The minimum Gasteiger partial charge on any atom is -0.377 e. The monoisotopic (exact) mass is 574 g/mol. The molecule has 3 aliphatic rings. The molecule has 10 nitrogen and oxygen atoms in total. The molecule has 2 N–H and O–H groups in total. The first-order valence-electron chi connectivity index (χ1n) is 14.0. The number of likely N-dealkylation sites (tertiary alicyclic amines) is 1. The van der Waals surface area contributed by atoms with E-state index in [-0.39, 0.29) is 42.7 Å². The van der Waals surface area contributed by atoms with Gasteiger partial charge in [-0.1, -0.05) is 31.0 Å². The number of nitrogens with zero attached hydrogens (tertiary/aromatic N) is 4. The van der Waals surface area contributed by atoms with Crippen molar-refractivity contribution in [2.24, 2.45) is 11.8 Å². The van der Waals surface area contributed by atoms with E-state index in [0.717, 1.165) is 30.6 Å². The highest BCUT2D eigenvalue weighted by Gasteiger charge is 2.48. The third-order valence-corrected chi connectivity index (χ3v) is 8.60. The third kappa shape index (κ3) is 5.27. The van der Waals surface area contributed by atoms with Crippen LogP contribution in [0.1, 0.15) is 72.1 Å². The van der Waals surface area contributed by atoms with E-state index in [1.165, 1.54) is 11.2 Å². The number of aromatic nitrogens is 3. The van der Waals surface area contributed by atoms with Gasteiger partial charge in [-0.3, -0.25) is 4.79 Å². The second-order valence-corrected chi connectivity index (χ2v) is 11.6. The number of H-pyrrole nitrogens is 1. The van der Waals surface area contributed by atoms with Crippen molar-refractivity contribution in [2.45, 2.75) is 57.5 Å². The SMILES string of the molecule is Cc1nocc1C(=O)N[C@H](c1nc2c(F)c(C3COCCN3C(=O)N3CC(F)(F)C3)ccc2[nH]1)C1CCC(C)CC1. The fourth-order valence-electron chi connectivity index (χ4n) is 6.16. The van der Waals surface area contributed by atoms with Crippen molar-refractivity contribution in [3.05, 3.63) is 46.9 Å². The normalized spacial score (nSPS) is 25.1. The molecule has 2 aliphatic heterocycles. The van der Waals surface area contributed by atoms with Crippen molar-refractivity contribution in [3.63, 3.8) is 0 Å². The number of amides is 3. The number of urea groups is 1. The van der Waals surface area contributed by atoms with E-state index in [1.54, 1.807) is 19.1 Å². The minimum atomic E-state index is -2.90. The lowest BCUT2D eigenvalue weighted by atomic mass is 9.79. The van der Waals surface area contributed by atoms with Crippen molar-refractivity contribution in [2.75, 3.05) is 32.8 Å². The summed E-state index contributed by atoms with van der Waals surface area (Å²) in [6.45, 7) is 3.01. The fourth-order valence-corrected chi connectivity index (χ4v) is 6.16. The van der Waals surface area contributed by atoms with E-state index in [4.69, 9.17) is 9.26 Å². The maximum Gasteiger partial charge on any atom is 0.321 e. The van der Waals surface area contributed by atoms with Crippen LogP contribution in [0.3, 0.4) is 0 Å². The number of benzene rings is 1. The van der Waals surface area contributed by atoms with Gasteiger partial charge in [0, 0.05) is 12.1 Å². The number of carbonyl (C=O) groups excluding carboxylic acids is 2. The number of hydrogen-bond acceptors (Lipinski definition) is 6. The molecule has 3 fully saturated rings. The number of alkyl halides is 2. The molecule has 0 spiro atoms. The van der Waals surface area contributed by atoms with Crippen LogP contribution < -0.4 is 5.32 Å². The smallest absolute Gasteiger partial charge is 0.321 e. The van der Waals surface area contributed by atoms with Crippen molar-refractivity contribution in [1.82, 2.24) is 30.2 Å². The van der Waals surface area contributed by atoms with E-state index in [1.807, 2.05) is 0 Å². The zero-order valence-corrected chi connectivity index (χ0v) is 23.0. The molecule has 4 heterocycles. The lowest BCUT2D eigenvalue weighted by Gasteiger charge is -2.44. The molecular weight excluding hydrogens is 541 g/mol. The van der Waals surface area contributed by atoms with E-state index in [9.17, 15) is 18.4 Å². The van der Waals surface area contributed by atoms with Crippen LogP contribution in [0.25, 0.3) is 11.0 Å². The Morgan fingerprint density at radius 1 is 1.20 bits per heavy atom. The molecule has 2 aromatic heterocycles. The molecule has 3 aromatic rings. The van der Waals surface area contributed by atoms with Crippen LogP contribution in [0.2, 0.25) is 0 Å². The van der Waals surface area contributed by atoms with Gasteiger partial charge in [0.05, 0.1) is 49.6 Å². The average Bonchev–Trinajstić information content (AvgIpc) is 3.57. The number of rotatable bonds is 5. The second kappa shape index (κ2) is 10.7. The second-order valence-electron chi connectivity index (χ2n) is 11.6. The highest BCUT2D eigenvalue weighted by molar-refractivity contribution is 5.95. The Bertz CT molecular complexity index is 1440. The Labute approximate surface area is 234 Å². The molecule has 220 valence electrons. The number of aryl methyl sites for hydroxylation is 1. The topological polar surface area (TPSA) is 117 Å².